The van der Waals surface area contributed by atoms with Gasteiger partial charge in [0.1, 0.15) is 11.8 Å². The van der Waals surface area contributed by atoms with Crippen molar-refractivity contribution in [3.05, 3.63) is 29.8 Å². The van der Waals surface area contributed by atoms with Crippen LogP contribution in [0.15, 0.2) is 24.3 Å². The molecule has 0 saturated carbocycles. The van der Waals surface area contributed by atoms with E-state index in [4.69, 9.17) is 9.84 Å². The molecule has 0 radical (unpaired) electrons. The topological polar surface area (TPSA) is 58.6 Å². The van der Waals surface area contributed by atoms with Crippen LogP contribution in [0.25, 0.3) is 0 Å². The number of ether oxygens (including phenoxy) is 1. The predicted octanol–water partition coefficient (Wildman–Crippen LogP) is 1.09. The predicted molar refractivity (Wildman–Crippen MR) is 61.3 cm³/mol. The molecule has 4 heteroatoms. The van der Waals surface area contributed by atoms with Crippen LogP contribution in [0.1, 0.15) is 12.5 Å². The Balaban J connectivity index is 2.62. The third-order valence-electron chi connectivity index (χ3n) is 2.30. The molecular formula is C12H17NO3. The van der Waals surface area contributed by atoms with Crippen molar-refractivity contribution in [1.29, 1.82) is 0 Å². The minimum absolute atomic E-state index is 0.223. The summed E-state index contributed by atoms with van der Waals surface area (Å²) in [5.41, 5.74) is 0.977. The van der Waals surface area contributed by atoms with E-state index in [1.165, 1.54) is 0 Å². The van der Waals surface area contributed by atoms with Gasteiger partial charge < -0.3 is 15.2 Å². The first-order valence-electron chi connectivity index (χ1n) is 5.29. The highest BCUT2D eigenvalue weighted by molar-refractivity contribution is 5.76. The molecule has 88 valence electrons. The summed E-state index contributed by atoms with van der Waals surface area (Å²) in [4.78, 5) is 11.5. The fraction of sp³-hybridized carbons (Fsp3) is 0.417. The van der Waals surface area contributed by atoms with E-state index in [9.17, 15) is 4.79 Å². The van der Waals surface area contributed by atoms with Crippen LogP contribution in [-0.2, 0) is 16.0 Å². The fourth-order valence-corrected chi connectivity index (χ4v) is 1.41. The maximum Gasteiger partial charge on any atom is 0.323 e. The summed E-state index contributed by atoms with van der Waals surface area (Å²) in [6.07, 6.45) is 0.551. The average Bonchev–Trinajstić information content (AvgIpc) is 2.28. The summed E-state index contributed by atoms with van der Waals surface area (Å²) >= 11 is 0. The van der Waals surface area contributed by atoms with Gasteiger partial charge in [-0.1, -0.05) is 12.1 Å². The van der Waals surface area contributed by atoms with Gasteiger partial charge in [0.15, 0.2) is 0 Å². The van der Waals surface area contributed by atoms with E-state index < -0.39 is 0 Å². The van der Waals surface area contributed by atoms with Crippen LogP contribution in [0.2, 0.25) is 0 Å². The maximum atomic E-state index is 11.5. The zero-order valence-corrected chi connectivity index (χ0v) is 9.56. The monoisotopic (exact) mass is 223 g/mol. The molecule has 1 aromatic rings. The SMILES string of the molecule is CCOC(=O)[C@H](Cc1ccc(O)cc1)NC. The lowest BCUT2D eigenvalue weighted by atomic mass is 10.1. The lowest BCUT2D eigenvalue weighted by Gasteiger charge is -2.14. The van der Waals surface area contributed by atoms with Gasteiger partial charge >= 0.3 is 5.97 Å². The molecule has 0 unspecified atom stereocenters. The van der Waals surface area contributed by atoms with Gasteiger partial charge in [-0.05, 0) is 38.1 Å². The van der Waals surface area contributed by atoms with E-state index in [2.05, 4.69) is 5.32 Å². The second-order valence-corrected chi connectivity index (χ2v) is 3.46. The van der Waals surface area contributed by atoms with Crippen molar-refractivity contribution in [2.45, 2.75) is 19.4 Å². The number of rotatable bonds is 5. The summed E-state index contributed by atoms with van der Waals surface area (Å²) in [5.74, 6) is -0.0287. The number of phenols is 1. The Morgan fingerprint density at radius 3 is 2.56 bits per heavy atom. The summed E-state index contributed by atoms with van der Waals surface area (Å²) in [7, 11) is 1.72. The molecule has 1 atom stereocenters. The summed E-state index contributed by atoms with van der Waals surface area (Å²) < 4.78 is 4.94. The minimum Gasteiger partial charge on any atom is -0.508 e. The summed E-state index contributed by atoms with van der Waals surface area (Å²) in [6.45, 7) is 2.16. The van der Waals surface area contributed by atoms with Crippen LogP contribution in [-0.4, -0.2) is 30.8 Å². The highest BCUT2D eigenvalue weighted by Crippen LogP contribution is 2.11. The summed E-state index contributed by atoms with van der Waals surface area (Å²) in [6, 6.07) is 6.45. The quantitative estimate of drug-likeness (QED) is 0.733. The molecule has 0 aliphatic heterocycles. The van der Waals surface area contributed by atoms with E-state index in [0.717, 1.165) is 5.56 Å². The second kappa shape index (κ2) is 6.12. The number of esters is 1. The number of phenolic OH excluding ortho intramolecular Hbond substituents is 1. The van der Waals surface area contributed by atoms with Crippen LogP contribution < -0.4 is 5.32 Å². The number of hydrogen-bond acceptors (Lipinski definition) is 4. The van der Waals surface area contributed by atoms with E-state index in [-0.39, 0.29) is 17.8 Å². The number of carbonyl (C=O) groups excluding carboxylic acids is 1. The third kappa shape index (κ3) is 3.55. The molecule has 0 aliphatic rings. The standard InChI is InChI=1S/C12H17NO3/c1-3-16-12(15)11(13-2)8-9-4-6-10(14)7-5-9/h4-7,11,13-14H,3,8H2,1-2H3/t11-/m0/s1. The normalized spacial score (nSPS) is 12.1. The van der Waals surface area contributed by atoms with Gasteiger partial charge in [0.05, 0.1) is 6.61 Å². The van der Waals surface area contributed by atoms with E-state index in [1.807, 2.05) is 0 Å². The molecule has 16 heavy (non-hydrogen) atoms. The van der Waals surface area contributed by atoms with Crippen molar-refractivity contribution in [3.8, 4) is 5.75 Å². The molecule has 0 bridgehead atoms. The molecule has 2 N–H and O–H groups in total. The molecule has 0 aliphatic carbocycles. The van der Waals surface area contributed by atoms with Gasteiger partial charge in [0.25, 0.3) is 0 Å². The van der Waals surface area contributed by atoms with Gasteiger partial charge in [0.2, 0.25) is 0 Å². The zero-order chi connectivity index (χ0) is 12.0. The fourth-order valence-electron chi connectivity index (χ4n) is 1.41. The molecule has 0 saturated heterocycles. The van der Waals surface area contributed by atoms with Gasteiger partial charge in [-0.3, -0.25) is 4.79 Å². The molecule has 0 heterocycles. The molecule has 1 rings (SSSR count). The molecule has 4 nitrogen and oxygen atoms in total. The Bertz CT molecular complexity index is 335. The first kappa shape index (κ1) is 12.5. The van der Waals surface area contributed by atoms with Gasteiger partial charge in [-0.2, -0.15) is 0 Å². The number of carbonyl (C=O) groups is 1. The number of benzene rings is 1. The lowest BCUT2D eigenvalue weighted by Crippen LogP contribution is -2.37. The first-order chi connectivity index (χ1) is 7.67. The highest BCUT2D eigenvalue weighted by atomic mass is 16.5. The minimum atomic E-state index is -0.343. The van der Waals surface area contributed by atoms with Gasteiger partial charge in [0, 0.05) is 0 Å². The van der Waals surface area contributed by atoms with Crippen molar-refractivity contribution in [2.24, 2.45) is 0 Å². The van der Waals surface area contributed by atoms with Crippen molar-refractivity contribution in [3.63, 3.8) is 0 Å². The van der Waals surface area contributed by atoms with Crippen molar-refractivity contribution >= 4 is 5.97 Å². The van der Waals surface area contributed by atoms with Crippen LogP contribution in [0.3, 0.4) is 0 Å². The van der Waals surface area contributed by atoms with Gasteiger partial charge in [-0.25, -0.2) is 0 Å². The van der Waals surface area contributed by atoms with Crippen molar-refractivity contribution < 1.29 is 14.6 Å². The van der Waals surface area contributed by atoms with E-state index >= 15 is 0 Å². The molecule has 0 fully saturated rings. The van der Waals surface area contributed by atoms with E-state index in [0.29, 0.717) is 13.0 Å². The van der Waals surface area contributed by atoms with Crippen LogP contribution in [0.4, 0.5) is 0 Å². The Kier molecular flexibility index (Phi) is 4.79. The van der Waals surface area contributed by atoms with Crippen LogP contribution in [0.5, 0.6) is 5.75 Å². The molecule has 0 aromatic heterocycles. The maximum absolute atomic E-state index is 11.5. The third-order valence-corrected chi connectivity index (χ3v) is 2.30. The Hall–Kier alpha value is -1.55. The average molecular weight is 223 g/mol. The molecule has 1 aromatic carbocycles. The number of aromatic hydroxyl groups is 1. The molecule has 0 spiro atoms. The number of hydrogen-bond donors (Lipinski definition) is 2. The Morgan fingerprint density at radius 1 is 1.44 bits per heavy atom. The number of likely N-dealkylation sites (N-methyl/N-ethyl adjacent to an activating group) is 1. The van der Waals surface area contributed by atoms with Crippen LogP contribution in [0, 0.1) is 0 Å². The lowest BCUT2D eigenvalue weighted by molar-refractivity contribution is -0.145. The smallest absolute Gasteiger partial charge is 0.323 e. The highest BCUT2D eigenvalue weighted by Gasteiger charge is 2.17. The Labute approximate surface area is 95.2 Å². The van der Waals surface area contributed by atoms with Crippen LogP contribution >= 0.6 is 0 Å². The number of nitrogens with one attached hydrogen (secondary N) is 1. The zero-order valence-electron chi connectivity index (χ0n) is 9.56. The molecule has 0 amide bonds. The Morgan fingerprint density at radius 2 is 2.06 bits per heavy atom. The van der Waals surface area contributed by atoms with Crippen molar-refractivity contribution in [1.82, 2.24) is 5.32 Å². The first-order valence-corrected chi connectivity index (χ1v) is 5.29. The van der Waals surface area contributed by atoms with E-state index in [1.54, 1.807) is 38.2 Å². The largest absolute Gasteiger partial charge is 0.508 e. The second-order valence-electron chi connectivity index (χ2n) is 3.46. The van der Waals surface area contributed by atoms with Crippen molar-refractivity contribution in [2.75, 3.05) is 13.7 Å². The molecular weight excluding hydrogens is 206 g/mol. The summed E-state index contributed by atoms with van der Waals surface area (Å²) in [5, 5.41) is 12.0. The van der Waals surface area contributed by atoms with Gasteiger partial charge in [-0.15, -0.1) is 0 Å².